The van der Waals surface area contributed by atoms with Gasteiger partial charge in [0.1, 0.15) is 0 Å². The summed E-state index contributed by atoms with van der Waals surface area (Å²) in [6, 6.07) is 4.01. The molecule has 1 fully saturated rings. The maximum absolute atomic E-state index is 11.9. The summed E-state index contributed by atoms with van der Waals surface area (Å²) in [5.41, 5.74) is 2.20. The summed E-state index contributed by atoms with van der Waals surface area (Å²) in [5.74, 6) is 0.690. The van der Waals surface area contributed by atoms with Crippen LogP contribution in [0.1, 0.15) is 37.4 Å². The SMILES string of the molecule is CCc1cccnc1CNC(=O)CC1CCNCC1. The number of nitrogens with zero attached hydrogens (tertiary/aromatic N) is 1. The Kier molecular flexibility index (Phi) is 5.33. The van der Waals surface area contributed by atoms with Gasteiger partial charge >= 0.3 is 0 Å². The Morgan fingerprint density at radius 2 is 2.26 bits per heavy atom. The summed E-state index contributed by atoms with van der Waals surface area (Å²) < 4.78 is 0. The number of rotatable bonds is 5. The molecule has 0 aliphatic carbocycles. The van der Waals surface area contributed by atoms with Crippen LogP contribution in [0.25, 0.3) is 0 Å². The van der Waals surface area contributed by atoms with Gasteiger partial charge in [0.05, 0.1) is 12.2 Å². The lowest BCUT2D eigenvalue weighted by molar-refractivity contribution is -0.122. The number of aryl methyl sites for hydroxylation is 1. The lowest BCUT2D eigenvalue weighted by Crippen LogP contribution is -2.32. The fourth-order valence-corrected chi connectivity index (χ4v) is 2.55. The average molecular weight is 261 g/mol. The highest BCUT2D eigenvalue weighted by Crippen LogP contribution is 2.15. The van der Waals surface area contributed by atoms with E-state index in [1.54, 1.807) is 6.20 Å². The van der Waals surface area contributed by atoms with Crippen molar-refractivity contribution < 1.29 is 4.79 Å². The second-order valence-electron chi connectivity index (χ2n) is 5.14. The van der Waals surface area contributed by atoms with Crippen LogP contribution in [0.2, 0.25) is 0 Å². The second-order valence-corrected chi connectivity index (χ2v) is 5.14. The molecular formula is C15H23N3O. The van der Waals surface area contributed by atoms with Gasteiger partial charge in [0, 0.05) is 12.6 Å². The molecule has 1 aliphatic heterocycles. The molecule has 19 heavy (non-hydrogen) atoms. The lowest BCUT2D eigenvalue weighted by atomic mass is 9.94. The quantitative estimate of drug-likeness (QED) is 0.847. The first-order valence-electron chi connectivity index (χ1n) is 7.19. The molecule has 104 valence electrons. The first-order valence-corrected chi connectivity index (χ1v) is 7.19. The largest absolute Gasteiger partial charge is 0.350 e. The van der Waals surface area contributed by atoms with Crippen LogP contribution < -0.4 is 10.6 Å². The molecule has 2 rings (SSSR count). The Morgan fingerprint density at radius 3 is 3.00 bits per heavy atom. The van der Waals surface area contributed by atoms with Gasteiger partial charge in [-0.25, -0.2) is 0 Å². The maximum Gasteiger partial charge on any atom is 0.220 e. The van der Waals surface area contributed by atoms with Crippen molar-refractivity contribution in [3.8, 4) is 0 Å². The highest BCUT2D eigenvalue weighted by atomic mass is 16.1. The van der Waals surface area contributed by atoms with Crippen molar-refractivity contribution in [2.75, 3.05) is 13.1 Å². The molecule has 0 radical (unpaired) electrons. The van der Waals surface area contributed by atoms with Crippen LogP contribution in [0.4, 0.5) is 0 Å². The molecule has 0 unspecified atom stereocenters. The van der Waals surface area contributed by atoms with Crippen molar-refractivity contribution in [3.05, 3.63) is 29.6 Å². The van der Waals surface area contributed by atoms with Crippen molar-refractivity contribution in [1.82, 2.24) is 15.6 Å². The van der Waals surface area contributed by atoms with Gasteiger partial charge in [-0.2, -0.15) is 0 Å². The predicted molar refractivity (Wildman–Crippen MR) is 75.7 cm³/mol. The summed E-state index contributed by atoms with van der Waals surface area (Å²) in [6.45, 7) is 4.74. The van der Waals surface area contributed by atoms with Crippen LogP contribution in [-0.4, -0.2) is 24.0 Å². The fourth-order valence-electron chi connectivity index (χ4n) is 2.55. The number of carbonyl (C=O) groups is 1. The maximum atomic E-state index is 11.9. The third-order valence-corrected chi connectivity index (χ3v) is 3.75. The van der Waals surface area contributed by atoms with Gasteiger partial charge in [0.25, 0.3) is 0 Å². The number of piperidine rings is 1. The average Bonchev–Trinajstić information content (AvgIpc) is 2.46. The van der Waals surface area contributed by atoms with E-state index >= 15 is 0 Å². The molecule has 0 atom stereocenters. The van der Waals surface area contributed by atoms with E-state index in [2.05, 4.69) is 28.6 Å². The molecule has 1 amide bonds. The molecule has 1 saturated heterocycles. The molecule has 0 saturated carbocycles. The van der Waals surface area contributed by atoms with Crippen molar-refractivity contribution in [3.63, 3.8) is 0 Å². The standard InChI is InChI=1S/C15H23N3O/c1-2-13-4-3-7-17-14(13)11-18-15(19)10-12-5-8-16-9-6-12/h3-4,7,12,16H,2,5-6,8-11H2,1H3,(H,18,19). The van der Waals surface area contributed by atoms with E-state index in [0.29, 0.717) is 18.9 Å². The highest BCUT2D eigenvalue weighted by Gasteiger charge is 2.16. The molecule has 1 aliphatic rings. The van der Waals surface area contributed by atoms with Crippen LogP contribution >= 0.6 is 0 Å². The topological polar surface area (TPSA) is 54.0 Å². The molecule has 0 bridgehead atoms. The Balaban J connectivity index is 1.79. The van der Waals surface area contributed by atoms with Gasteiger partial charge < -0.3 is 10.6 Å². The van der Waals surface area contributed by atoms with E-state index in [9.17, 15) is 4.79 Å². The molecule has 0 spiro atoms. The molecule has 4 nitrogen and oxygen atoms in total. The van der Waals surface area contributed by atoms with Crippen molar-refractivity contribution >= 4 is 5.91 Å². The number of carbonyl (C=O) groups excluding carboxylic acids is 1. The van der Waals surface area contributed by atoms with E-state index in [1.165, 1.54) is 5.56 Å². The third-order valence-electron chi connectivity index (χ3n) is 3.75. The zero-order chi connectivity index (χ0) is 13.5. The van der Waals surface area contributed by atoms with Gasteiger partial charge in [0.2, 0.25) is 5.91 Å². The Morgan fingerprint density at radius 1 is 1.47 bits per heavy atom. The number of amides is 1. The second kappa shape index (κ2) is 7.24. The van der Waals surface area contributed by atoms with E-state index in [4.69, 9.17) is 0 Å². The molecular weight excluding hydrogens is 238 g/mol. The van der Waals surface area contributed by atoms with E-state index < -0.39 is 0 Å². The first kappa shape index (κ1) is 14.0. The van der Waals surface area contributed by atoms with Crippen LogP contribution in [-0.2, 0) is 17.8 Å². The summed E-state index contributed by atoms with van der Waals surface area (Å²) in [5, 5.41) is 6.32. The Hall–Kier alpha value is -1.42. The van der Waals surface area contributed by atoms with Crippen LogP contribution in [0.5, 0.6) is 0 Å². The number of hydrogen-bond acceptors (Lipinski definition) is 3. The van der Waals surface area contributed by atoms with Gasteiger partial charge in [0.15, 0.2) is 0 Å². The fraction of sp³-hybridized carbons (Fsp3) is 0.600. The van der Waals surface area contributed by atoms with E-state index in [0.717, 1.165) is 38.0 Å². The molecule has 1 aromatic rings. The van der Waals surface area contributed by atoms with Gasteiger partial charge in [-0.15, -0.1) is 0 Å². The number of aromatic nitrogens is 1. The summed E-state index contributed by atoms with van der Waals surface area (Å²) in [7, 11) is 0. The predicted octanol–water partition coefficient (Wildman–Crippen LogP) is 1.65. The van der Waals surface area contributed by atoms with E-state index in [-0.39, 0.29) is 5.91 Å². The number of pyridine rings is 1. The van der Waals surface area contributed by atoms with Crippen molar-refractivity contribution in [2.24, 2.45) is 5.92 Å². The first-order chi connectivity index (χ1) is 9.29. The summed E-state index contributed by atoms with van der Waals surface area (Å²) in [6.07, 6.45) is 5.60. The minimum Gasteiger partial charge on any atom is -0.350 e. The molecule has 2 heterocycles. The molecule has 0 aromatic carbocycles. The van der Waals surface area contributed by atoms with Gasteiger partial charge in [-0.3, -0.25) is 9.78 Å². The van der Waals surface area contributed by atoms with E-state index in [1.807, 2.05) is 6.07 Å². The van der Waals surface area contributed by atoms with Crippen LogP contribution in [0, 0.1) is 5.92 Å². The lowest BCUT2D eigenvalue weighted by Gasteiger charge is -2.21. The third kappa shape index (κ3) is 4.31. The zero-order valence-corrected chi connectivity index (χ0v) is 11.6. The zero-order valence-electron chi connectivity index (χ0n) is 11.6. The molecule has 1 aromatic heterocycles. The van der Waals surface area contributed by atoms with Gasteiger partial charge in [-0.1, -0.05) is 13.0 Å². The number of nitrogens with one attached hydrogen (secondary N) is 2. The van der Waals surface area contributed by atoms with Crippen LogP contribution in [0.3, 0.4) is 0 Å². The Labute approximate surface area is 115 Å². The monoisotopic (exact) mass is 261 g/mol. The number of hydrogen-bond donors (Lipinski definition) is 2. The Bertz CT molecular complexity index is 414. The molecule has 2 N–H and O–H groups in total. The van der Waals surface area contributed by atoms with Crippen molar-refractivity contribution in [2.45, 2.75) is 39.2 Å². The summed E-state index contributed by atoms with van der Waals surface area (Å²) in [4.78, 5) is 16.3. The van der Waals surface area contributed by atoms with Crippen molar-refractivity contribution in [1.29, 1.82) is 0 Å². The summed E-state index contributed by atoms with van der Waals surface area (Å²) >= 11 is 0. The van der Waals surface area contributed by atoms with Gasteiger partial charge in [-0.05, 0) is 49.9 Å². The molecule has 4 heteroatoms. The highest BCUT2D eigenvalue weighted by molar-refractivity contribution is 5.76. The normalized spacial score (nSPS) is 16.3. The smallest absolute Gasteiger partial charge is 0.220 e. The van der Waals surface area contributed by atoms with Crippen LogP contribution in [0.15, 0.2) is 18.3 Å². The minimum atomic E-state index is 0.152. The minimum absolute atomic E-state index is 0.152.